The number of hydrogen-bond acceptors (Lipinski definition) is 4. The minimum absolute atomic E-state index is 0.134. The van der Waals surface area contributed by atoms with Gasteiger partial charge in [-0.3, -0.25) is 4.90 Å². The van der Waals surface area contributed by atoms with Crippen molar-refractivity contribution >= 4 is 0 Å². The summed E-state index contributed by atoms with van der Waals surface area (Å²) in [5, 5.41) is 0. The maximum absolute atomic E-state index is 12.9. The van der Waals surface area contributed by atoms with Gasteiger partial charge in [-0.15, -0.1) is 0 Å². The van der Waals surface area contributed by atoms with Crippen LogP contribution in [-0.2, 0) is 11.3 Å². The van der Waals surface area contributed by atoms with Crippen LogP contribution in [-0.4, -0.2) is 35.2 Å². The zero-order chi connectivity index (χ0) is 14.9. The van der Waals surface area contributed by atoms with Crippen LogP contribution in [0.3, 0.4) is 0 Å². The Morgan fingerprint density at radius 1 is 1.29 bits per heavy atom. The quantitative estimate of drug-likeness (QED) is 0.870. The first kappa shape index (κ1) is 14.2. The minimum atomic E-state index is -0.256. The lowest BCUT2D eigenvalue weighted by Crippen LogP contribution is -2.47. The second kappa shape index (κ2) is 5.58. The van der Waals surface area contributed by atoms with Crippen LogP contribution in [0.4, 0.5) is 4.39 Å². The van der Waals surface area contributed by atoms with E-state index in [4.69, 9.17) is 9.15 Å². The summed E-state index contributed by atoms with van der Waals surface area (Å²) in [5.74, 6) is 1.08. The van der Waals surface area contributed by atoms with Crippen molar-refractivity contribution < 1.29 is 13.5 Å². The third-order valence-electron chi connectivity index (χ3n) is 3.55. The van der Waals surface area contributed by atoms with E-state index in [0.717, 1.165) is 25.3 Å². The molecular formula is C16H19FN2O2. The second-order valence-electron chi connectivity index (χ2n) is 5.94. The molecular weight excluding hydrogens is 271 g/mol. The van der Waals surface area contributed by atoms with Crippen molar-refractivity contribution in [3.05, 3.63) is 42.2 Å². The van der Waals surface area contributed by atoms with E-state index in [9.17, 15) is 4.39 Å². The molecule has 1 fully saturated rings. The zero-order valence-corrected chi connectivity index (χ0v) is 12.3. The fourth-order valence-corrected chi connectivity index (χ4v) is 2.57. The molecule has 0 spiro atoms. The molecule has 0 bridgehead atoms. The summed E-state index contributed by atoms with van der Waals surface area (Å²) in [6.45, 7) is 7.27. The van der Waals surface area contributed by atoms with E-state index in [1.807, 2.05) is 0 Å². The van der Waals surface area contributed by atoms with Crippen molar-refractivity contribution in [1.82, 2.24) is 9.88 Å². The van der Waals surface area contributed by atoms with Crippen LogP contribution < -0.4 is 0 Å². The van der Waals surface area contributed by atoms with Crippen LogP contribution >= 0.6 is 0 Å². The molecule has 21 heavy (non-hydrogen) atoms. The van der Waals surface area contributed by atoms with Gasteiger partial charge < -0.3 is 9.15 Å². The van der Waals surface area contributed by atoms with Crippen LogP contribution in [0, 0.1) is 5.82 Å². The Hall–Kier alpha value is -1.72. The van der Waals surface area contributed by atoms with E-state index < -0.39 is 0 Å². The molecule has 4 nitrogen and oxygen atoms in total. The number of morpholine rings is 1. The third-order valence-corrected chi connectivity index (χ3v) is 3.55. The summed E-state index contributed by atoms with van der Waals surface area (Å²) in [6.07, 6.45) is 1.69. The van der Waals surface area contributed by atoms with Crippen molar-refractivity contribution in [3.8, 4) is 11.3 Å². The van der Waals surface area contributed by atoms with Gasteiger partial charge in [0.2, 0.25) is 5.89 Å². The maximum atomic E-state index is 12.9. The summed E-state index contributed by atoms with van der Waals surface area (Å²) in [4.78, 5) is 6.58. The molecule has 0 aliphatic carbocycles. The number of benzene rings is 1. The molecule has 1 aromatic heterocycles. The van der Waals surface area contributed by atoms with E-state index in [0.29, 0.717) is 18.2 Å². The molecule has 0 amide bonds. The van der Waals surface area contributed by atoms with Crippen molar-refractivity contribution in [1.29, 1.82) is 0 Å². The largest absolute Gasteiger partial charge is 0.439 e. The van der Waals surface area contributed by atoms with E-state index in [1.165, 1.54) is 12.1 Å². The molecule has 0 radical (unpaired) electrons. The summed E-state index contributed by atoms with van der Waals surface area (Å²) in [5.41, 5.74) is 0.697. The second-order valence-corrected chi connectivity index (χ2v) is 5.94. The van der Waals surface area contributed by atoms with E-state index >= 15 is 0 Å². The SMILES string of the molecule is CC1(C)CN(Cc2ncc(-c3ccc(F)cc3)o2)CCO1. The molecule has 0 N–H and O–H groups in total. The Kier molecular flexibility index (Phi) is 3.78. The summed E-state index contributed by atoms with van der Waals surface area (Å²) in [7, 11) is 0. The number of ether oxygens (including phenoxy) is 1. The number of rotatable bonds is 3. The van der Waals surface area contributed by atoms with E-state index in [-0.39, 0.29) is 11.4 Å². The van der Waals surface area contributed by atoms with Crippen LogP contribution in [0.2, 0.25) is 0 Å². The van der Waals surface area contributed by atoms with Gasteiger partial charge in [-0.2, -0.15) is 0 Å². The van der Waals surface area contributed by atoms with Crippen LogP contribution in [0.1, 0.15) is 19.7 Å². The van der Waals surface area contributed by atoms with Crippen LogP contribution in [0.5, 0.6) is 0 Å². The Morgan fingerprint density at radius 3 is 2.76 bits per heavy atom. The summed E-state index contributed by atoms with van der Waals surface area (Å²) < 4.78 is 24.4. The molecule has 1 aliphatic rings. The van der Waals surface area contributed by atoms with Crippen molar-refractivity contribution in [2.75, 3.05) is 19.7 Å². The van der Waals surface area contributed by atoms with Gasteiger partial charge in [-0.05, 0) is 38.1 Å². The first-order valence-corrected chi connectivity index (χ1v) is 7.09. The Balaban J connectivity index is 1.69. The average Bonchev–Trinajstić information content (AvgIpc) is 2.87. The highest BCUT2D eigenvalue weighted by molar-refractivity contribution is 5.55. The standard InChI is InChI=1S/C16H19FN2O2/c1-16(2)11-19(7-8-20-16)10-15-18-9-14(21-15)12-3-5-13(17)6-4-12/h3-6,9H,7-8,10-11H2,1-2H3. The molecule has 1 aromatic carbocycles. The number of oxazole rings is 1. The van der Waals surface area contributed by atoms with Gasteiger partial charge in [0.25, 0.3) is 0 Å². The van der Waals surface area contributed by atoms with Gasteiger partial charge in [0.05, 0.1) is 24.9 Å². The Labute approximate surface area is 123 Å². The first-order chi connectivity index (χ1) is 10.0. The predicted octanol–water partition coefficient (Wildman–Crippen LogP) is 3.09. The van der Waals surface area contributed by atoms with Gasteiger partial charge in [0, 0.05) is 18.7 Å². The topological polar surface area (TPSA) is 38.5 Å². The van der Waals surface area contributed by atoms with E-state index in [1.54, 1.807) is 18.3 Å². The van der Waals surface area contributed by atoms with Crippen molar-refractivity contribution in [3.63, 3.8) is 0 Å². The predicted molar refractivity (Wildman–Crippen MR) is 77.2 cm³/mol. The highest BCUT2D eigenvalue weighted by Gasteiger charge is 2.27. The summed E-state index contributed by atoms with van der Waals surface area (Å²) >= 11 is 0. The monoisotopic (exact) mass is 290 g/mol. The lowest BCUT2D eigenvalue weighted by Gasteiger charge is -2.37. The molecule has 0 unspecified atom stereocenters. The number of halogens is 1. The highest BCUT2D eigenvalue weighted by atomic mass is 19.1. The molecule has 112 valence electrons. The molecule has 1 saturated heterocycles. The summed E-state index contributed by atoms with van der Waals surface area (Å²) in [6, 6.07) is 6.22. The van der Waals surface area contributed by atoms with Crippen LogP contribution in [0.15, 0.2) is 34.9 Å². The molecule has 2 aromatic rings. The van der Waals surface area contributed by atoms with Gasteiger partial charge in [0.15, 0.2) is 5.76 Å². The van der Waals surface area contributed by atoms with Gasteiger partial charge in [-0.1, -0.05) is 0 Å². The smallest absolute Gasteiger partial charge is 0.209 e. The lowest BCUT2D eigenvalue weighted by atomic mass is 10.1. The lowest BCUT2D eigenvalue weighted by molar-refractivity contribution is -0.0897. The van der Waals surface area contributed by atoms with Crippen LogP contribution in [0.25, 0.3) is 11.3 Å². The number of nitrogens with zero attached hydrogens (tertiary/aromatic N) is 2. The minimum Gasteiger partial charge on any atom is -0.439 e. The normalized spacial score (nSPS) is 18.8. The van der Waals surface area contributed by atoms with Gasteiger partial charge in [0.1, 0.15) is 5.82 Å². The molecule has 0 atom stereocenters. The zero-order valence-electron chi connectivity index (χ0n) is 12.3. The van der Waals surface area contributed by atoms with E-state index in [2.05, 4.69) is 23.7 Å². The third kappa shape index (κ3) is 3.49. The highest BCUT2D eigenvalue weighted by Crippen LogP contribution is 2.23. The fraction of sp³-hybridized carbons (Fsp3) is 0.438. The molecule has 3 rings (SSSR count). The average molecular weight is 290 g/mol. The first-order valence-electron chi connectivity index (χ1n) is 7.09. The number of aromatic nitrogens is 1. The van der Waals surface area contributed by atoms with Crippen molar-refractivity contribution in [2.45, 2.75) is 26.0 Å². The molecule has 2 heterocycles. The molecule has 0 saturated carbocycles. The Bertz CT molecular complexity index is 607. The number of hydrogen-bond donors (Lipinski definition) is 0. The maximum Gasteiger partial charge on any atom is 0.209 e. The van der Waals surface area contributed by atoms with Gasteiger partial charge >= 0.3 is 0 Å². The Morgan fingerprint density at radius 2 is 2.05 bits per heavy atom. The van der Waals surface area contributed by atoms with Crippen molar-refractivity contribution in [2.24, 2.45) is 0 Å². The molecule has 1 aliphatic heterocycles. The van der Waals surface area contributed by atoms with Gasteiger partial charge in [-0.25, -0.2) is 9.37 Å². The fourth-order valence-electron chi connectivity index (χ4n) is 2.57. The molecule has 5 heteroatoms.